The number of carbonyl (C=O) groups excluding carboxylic acids is 1. The maximum Gasteiger partial charge on any atom is 0.339 e. The highest BCUT2D eigenvalue weighted by Crippen LogP contribution is 2.33. The number of esters is 1. The Labute approximate surface area is 140 Å². The lowest BCUT2D eigenvalue weighted by Crippen LogP contribution is -2.02. The van der Waals surface area contributed by atoms with Crippen LogP contribution in [0.5, 0.6) is 0 Å². The molecule has 8 heteroatoms. The van der Waals surface area contributed by atoms with Crippen LogP contribution in [0.4, 0.5) is 0 Å². The van der Waals surface area contributed by atoms with E-state index in [4.69, 9.17) is 9.57 Å². The SMILES string of the molecule is CON=Cc1c(Sc2ccccc2C(=O)OC)nc2sccn12. The highest BCUT2D eigenvalue weighted by Gasteiger charge is 2.17. The molecule has 118 valence electrons. The number of benzene rings is 1. The smallest absolute Gasteiger partial charge is 0.339 e. The van der Waals surface area contributed by atoms with Crippen LogP contribution in [0.25, 0.3) is 4.96 Å². The molecule has 0 amide bonds. The van der Waals surface area contributed by atoms with Gasteiger partial charge in [-0.3, -0.25) is 4.40 Å². The molecule has 2 aromatic heterocycles. The fourth-order valence-corrected chi connectivity index (χ4v) is 3.80. The summed E-state index contributed by atoms with van der Waals surface area (Å²) in [5.41, 5.74) is 1.30. The van der Waals surface area contributed by atoms with E-state index in [-0.39, 0.29) is 5.97 Å². The zero-order valence-corrected chi connectivity index (χ0v) is 14.1. The van der Waals surface area contributed by atoms with E-state index < -0.39 is 0 Å². The van der Waals surface area contributed by atoms with Crippen molar-refractivity contribution >= 4 is 40.2 Å². The van der Waals surface area contributed by atoms with Gasteiger partial charge in [-0.1, -0.05) is 29.1 Å². The molecule has 23 heavy (non-hydrogen) atoms. The molecular formula is C15H13N3O3S2. The monoisotopic (exact) mass is 347 g/mol. The van der Waals surface area contributed by atoms with Crippen LogP contribution in [0.15, 0.2) is 50.9 Å². The first-order valence-corrected chi connectivity index (χ1v) is 8.31. The van der Waals surface area contributed by atoms with Crippen molar-refractivity contribution in [1.82, 2.24) is 9.38 Å². The summed E-state index contributed by atoms with van der Waals surface area (Å²) in [6.45, 7) is 0. The molecule has 2 heterocycles. The van der Waals surface area contributed by atoms with Crippen LogP contribution in [0.1, 0.15) is 16.1 Å². The van der Waals surface area contributed by atoms with Crippen molar-refractivity contribution < 1.29 is 14.4 Å². The minimum atomic E-state index is -0.374. The third-order valence-electron chi connectivity index (χ3n) is 3.04. The Morgan fingerprint density at radius 3 is 3.00 bits per heavy atom. The molecule has 0 aliphatic heterocycles. The van der Waals surface area contributed by atoms with Gasteiger partial charge in [0.05, 0.1) is 18.9 Å². The number of methoxy groups -OCH3 is 1. The predicted molar refractivity (Wildman–Crippen MR) is 89.6 cm³/mol. The van der Waals surface area contributed by atoms with Gasteiger partial charge in [0.25, 0.3) is 0 Å². The maximum absolute atomic E-state index is 11.9. The second-order valence-corrected chi connectivity index (χ2v) is 6.27. The molecule has 3 aromatic rings. The lowest BCUT2D eigenvalue weighted by atomic mass is 10.2. The van der Waals surface area contributed by atoms with Gasteiger partial charge in [-0.2, -0.15) is 0 Å². The Kier molecular flexibility index (Phi) is 4.63. The number of nitrogens with zero attached hydrogens (tertiary/aromatic N) is 3. The van der Waals surface area contributed by atoms with Crippen molar-refractivity contribution in [1.29, 1.82) is 0 Å². The van der Waals surface area contributed by atoms with E-state index in [1.165, 1.54) is 37.3 Å². The summed E-state index contributed by atoms with van der Waals surface area (Å²) in [6, 6.07) is 7.27. The largest absolute Gasteiger partial charge is 0.465 e. The van der Waals surface area contributed by atoms with E-state index in [2.05, 4.69) is 10.1 Å². The van der Waals surface area contributed by atoms with Gasteiger partial charge in [-0.25, -0.2) is 9.78 Å². The summed E-state index contributed by atoms with van der Waals surface area (Å²) in [4.78, 5) is 22.9. The van der Waals surface area contributed by atoms with Gasteiger partial charge in [0, 0.05) is 16.5 Å². The standard InChI is InChI=1S/C15H13N3O3S2/c1-20-14(19)10-5-3-4-6-12(10)23-13-11(9-16-21-2)18-7-8-22-15(18)17-13/h3-9H,1-2H3. The van der Waals surface area contributed by atoms with E-state index in [0.717, 1.165) is 20.6 Å². The van der Waals surface area contributed by atoms with E-state index in [0.29, 0.717) is 5.56 Å². The van der Waals surface area contributed by atoms with Gasteiger partial charge in [0.15, 0.2) is 4.96 Å². The Balaban J connectivity index is 2.04. The van der Waals surface area contributed by atoms with Crippen LogP contribution in [-0.2, 0) is 9.57 Å². The molecule has 0 atom stereocenters. The molecule has 0 saturated carbocycles. The van der Waals surface area contributed by atoms with E-state index >= 15 is 0 Å². The molecule has 0 saturated heterocycles. The molecule has 3 rings (SSSR count). The number of rotatable bonds is 5. The summed E-state index contributed by atoms with van der Waals surface area (Å²) in [5, 5.41) is 6.53. The molecule has 0 bridgehead atoms. The Morgan fingerprint density at radius 2 is 2.22 bits per heavy atom. The highest BCUT2D eigenvalue weighted by atomic mass is 32.2. The van der Waals surface area contributed by atoms with Crippen molar-refractivity contribution in [3.63, 3.8) is 0 Å². The molecule has 0 N–H and O–H groups in total. The van der Waals surface area contributed by atoms with Gasteiger partial charge in [-0.15, -0.1) is 11.3 Å². The molecule has 0 unspecified atom stereocenters. The normalized spacial score (nSPS) is 11.2. The van der Waals surface area contributed by atoms with Crippen LogP contribution < -0.4 is 0 Å². The number of imidazole rings is 1. The second-order valence-electron chi connectivity index (χ2n) is 4.36. The van der Waals surface area contributed by atoms with Crippen molar-refractivity contribution in [2.45, 2.75) is 9.92 Å². The Hall–Kier alpha value is -2.32. The number of thiazole rings is 1. The molecule has 0 radical (unpaired) electrons. The third kappa shape index (κ3) is 3.08. The number of oxime groups is 1. The third-order valence-corrected chi connectivity index (χ3v) is 4.87. The van der Waals surface area contributed by atoms with Crippen LogP contribution >= 0.6 is 23.1 Å². The average molecular weight is 347 g/mol. The number of aromatic nitrogens is 2. The van der Waals surface area contributed by atoms with E-state index in [1.54, 1.807) is 18.3 Å². The number of ether oxygens (including phenoxy) is 1. The first-order valence-electron chi connectivity index (χ1n) is 6.62. The van der Waals surface area contributed by atoms with Gasteiger partial charge < -0.3 is 9.57 Å². The minimum absolute atomic E-state index is 0.374. The zero-order valence-electron chi connectivity index (χ0n) is 12.4. The maximum atomic E-state index is 11.9. The molecule has 0 aliphatic carbocycles. The van der Waals surface area contributed by atoms with Crippen molar-refractivity contribution in [3.8, 4) is 0 Å². The quantitative estimate of drug-likeness (QED) is 0.402. The van der Waals surface area contributed by atoms with Crippen LogP contribution in [0.3, 0.4) is 0 Å². The molecule has 0 spiro atoms. The minimum Gasteiger partial charge on any atom is -0.465 e. The number of hydrogen-bond donors (Lipinski definition) is 0. The first-order chi connectivity index (χ1) is 11.2. The number of hydrogen-bond acceptors (Lipinski definition) is 7. The summed E-state index contributed by atoms with van der Waals surface area (Å²) in [7, 11) is 2.86. The van der Waals surface area contributed by atoms with E-state index in [1.807, 2.05) is 28.1 Å². The highest BCUT2D eigenvalue weighted by molar-refractivity contribution is 7.99. The lowest BCUT2D eigenvalue weighted by Gasteiger charge is -2.06. The Bertz CT molecular complexity index is 870. The topological polar surface area (TPSA) is 65.2 Å². The molecule has 0 fully saturated rings. The first kappa shape index (κ1) is 15.6. The van der Waals surface area contributed by atoms with Gasteiger partial charge in [0.1, 0.15) is 17.8 Å². The summed E-state index contributed by atoms with van der Waals surface area (Å²) in [6.07, 6.45) is 3.52. The van der Waals surface area contributed by atoms with Crippen LogP contribution in [0, 0.1) is 0 Å². The lowest BCUT2D eigenvalue weighted by molar-refractivity contribution is 0.0597. The number of fused-ring (bicyclic) bond motifs is 1. The van der Waals surface area contributed by atoms with Crippen LogP contribution in [0.2, 0.25) is 0 Å². The fourth-order valence-electron chi connectivity index (χ4n) is 2.02. The second kappa shape index (κ2) is 6.84. The Morgan fingerprint density at radius 1 is 1.39 bits per heavy atom. The summed E-state index contributed by atoms with van der Waals surface area (Å²) in [5.74, 6) is -0.374. The van der Waals surface area contributed by atoms with Crippen molar-refractivity contribution in [3.05, 3.63) is 47.1 Å². The van der Waals surface area contributed by atoms with Crippen LogP contribution in [-0.4, -0.2) is 35.8 Å². The average Bonchev–Trinajstić information content (AvgIpc) is 3.14. The summed E-state index contributed by atoms with van der Waals surface area (Å²) >= 11 is 2.92. The van der Waals surface area contributed by atoms with Gasteiger partial charge >= 0.3 is 5.97 Å². The van der Waals surface area contributed by atoms with Crippen molar-refractivity contribution in [2.24, 2.45) is 5.16 Å². The van der Waals surface area contributed by atoms with E-state index in [9.17, 15) is 4.79 Å². The fraction of sp³-hybridized carbons (Fsp3) is 0.133. The predicted octanol–water partition coefficient (Wildman–Crippen LogP) is 3.31. The number of carbonyl (C=O) groups is 1. The molecule has 6 nitrogen and oxygen atoms in total. The van der Waals surface area contributed by atoms with Crippen molar-refractivity contribution in [2.75, 3.05) is 14.2 Å². The van der Waals surface area contributed by atoms with Gasteiger partial charge in [-0.05, 0) is 12.1 Å². The zero-order chi connectivity index (χ0) is 16.2. The molecular weight excluding hydrogens is 334 g/mol. The summed E-state index contributed by atoms with van der Waals surface area (Å²) < 4.78 is 6.76. The van der Waals surface area contributed by atoms with Gasteiger partial charge in [0.2, 0.25) is 0 Å². The molecule has 0 aliphatic rings. The molecule has 1 aromatic carbocycles.